The van der Waals surface area contributed by atoms with Crippen LogP contribution < -0.4 is 0 Å². The summed E-state index contributed by atoms with van der Waals surface area (Å²) in [6, 6.07) is 30.2. The molecule has 3 aromatic carbocycles. The number of hydrogen-bond donors (Lipinski definition) is 0. The molecule has 0 radical (unpaired) electrons. The van der Waals surface area contributed by atoms with Gasteiger partial charge in [0.25, 0.3) is 0 Å². The van der Waals surface area contributed by atoms with E-state index in [2.05, 4.69) is 101 Å². The largest absolute Gasteiger partial charge is 0.300 e. The van der Waals surface area contributed by atoms with Crippen molar-refractivity contribution >= 4 is 45.3 Å². The highest BCUT2D eigenvalue weighted by Crippen LogP contribution is 2.34. The molecule has 1 saturated heterocycles. The molecule has 1 unspecified atom stereocenters. The zero-order valence-corrected chi connectivity index (χ0v) is 21.6. The van der Waals surface area contributed by atoms with Crippen LogP contribution in [0.3, 0.4) is 0 Å². The van der Waals surface area contributed by atoms with Crippen molar-refractivity contribution in [2.75, 3.05) is 32.7 Å². The monoisotopic (exact) mass is 502 g/mol. The van der Waals surface area contributed by atoms with Crippen molar-refractivity contribution in [1.82, 2.24) is 9.80 Å². The van der Waals surface area contributed by atoms with Crippen LogP contribution in [0.1, 0.15) is 29.7 Å². The first kappa shape index (κ1) is 25.4. The van der Waals surface area contributed by atoms with Crippen LogP contribution in [-0.4, -0.2) is 48.5 Å². The van der Waals surface area contributed by atoms with Gasteiger partial charge in [-0.2, -0.15) is 0 Å². The molecule has 2 heterocycles. The van der Waals surface area contributed by atoms with Gasteiger partial charge in [0.05, 0.1) is 6.04 Å². The second-order valence-electron chi connectivity index (χ2n) is 9.12. The van der Waals surface area contributed by atoms with E-state index in [4.69, 9.17) is 0 Å². The quantitative estimate of drug-likeness (QED) is 0.267. The van der Waals surface area contributed by atoms with E-state index in [1.807, 2.05) is 12.1 Å². The highest BCUT2D eigenvalue weighted by atomic mass is 35.5. The minimum Gasteiger partial charge on any atom is -0.300 e. The second-order valence-corrected chi connectivity index (χ2v) is 10.0. The molecule has 0 bridgehead atoms. The predicted molar refractivity (Wildman–Crippen MR) is 150 cm³/mol. The number of carbonyl (C=O) groups excluding carboxylic acids is 1. The van der Waals surface area contributed by atoms with Crippen molar-refractivity contribution in [3.8, 4) is 0 Å². The summed E-state index contributed by atoms with van der Waals surface area (Å²) < 4.78 is 1.22. The minimum atomic E-state index is 0. The molecule has 180 valence electrons. The Morgan fingerprint density at radius 2 is 1.43 bits per heavy atom. The smallest absolute Gasteiger partial charge is 0.128 e. The summed E-state index contributed by atoms with van der Waals surface area (Å²) in [5.74, 6) is 2.43. The van der Waals surface area contributed by atoms with Gasteiger partial charge < -0.3 is 4.90 Å². The van der Waals surface area contributed by atoms with E-state index in [-0.39, 0.29) is 24.4 Å². The number of hydrogen-bond acceptors (Lipinski definition) is 4. The number of piperazine rings is 1. The highest BCUT2D eigenvalue weighted by Gasteiger charge is 2.28. The van der Waals surface area contributed by atoms with Crippen LogP contribution in [-0.2, 0) is 4.79 Å². The van der Waals surface area contributed by atoms with Crippen molar-refractivity contribution in [1.29, 1.82) is 0 Å². The van der Waals surface area contributed by atoms with Gasteiger partial charge in [0, 0.05) is 65.2 Å². The first-order chi connectivity index (χ1) is 16.7. The topological polar surface area (TPSA) is 23.6 Å². The van der Waals surface area contributed by atoms with Crippen LogP contribution in [0.5, 0.6) is 0 Å². The first-order valence-electron chi connectivity index (χ1n) is 12.0. The molecule has 0 saturated carbocycles. The lowest BCUT2D eigenvalue weighted by Gasteiger charge is -2.40. The van der Waals surface area contributed by atoms with Gasteiger partial charge in [0.2, 0.25) is 0 Å². The van der Waals surface area contributed by atoms with Gasteiger partial charge in [0.1, 0.15) is 5.94 Å². The molecule has 5 rings (SSSR count). The summed E-state index contributed by atoms with van der Waals surface area (Å²) in [7, 11) is 0. The average Bonchev–Trinajstić information content (AvgIpc) is 3.31. The van der Waals surface area contributed by atoms with E-state index in [0.717, 1.165) is 49.2 Å². The Balaban J connectivity index is 0.00000289. The molecular weight excluding hydrogens is 472 g/mol. The number of benzene rings is 3. The fourth-order valence-electron chi connectivity index (χ4n) is 5.17. The van der Waals surface area contributed by atoms with E-state index in [1.54, 1.807) is 11.3 Å². The molecule has 1 aliphatic heterocycles. The number of halogens is 1. The first-order valence-corrected chi connectivity index (χ1v) is 12.9. The normalized spacial score (nSPS) is 15.5. The number of rotatable bonds is 7. The van der Waals surface area contributed by atoms with Gasteiger partial charge in [-0.05, 0) is 17.2 Å². The molecule has 5 heteroatoms. The van der Waals surface area contributed by atoms with Gasteiger partial charge in [-0.3, -0.25) is 4.90 Å². The molecule has 1 fully saturated rings. The van der Waals surface area contributed by atoms with E-state index in [0.29, 0.717) is 0 Å². The summed E-state index contributed by atoms with van der Waals surface area (Å²) in [5.41, 5.74) is 4.53. The van der Waals surface area contributed by atoms with Gasteiger partial charge in [-0.15, -0.1) is 23.7 Å². The minimum absolute atomic E-state index is 0. The van der Waals surface area contributed by atoms with Crippen LogP contribution in [0.4, 0.5) is 0 Å². The molecule has 3 nitrogen and oxygen atoms in total. The van der Waals surface area contributed by atoms with Gasteiger partial charge in [-0.1, -0.05) is 85.8 Å². The van der Waals surface area contributed by atoms with Crippen LogP contribution in [0.15, 0.2) is 90.3 Å². The van der Waals surface area contributed by atoms with Crippen LogP contribution in [0.25, 0.3) is 15.7 Å². The Kier molecular flexibility index (Phi) is 8.56. The number of nitrogens with zero attached hydrogens (tertiary/aromatic N) is 2. The lowest BCUT2D eigenvalue weighted by molar-refractivity contribution is 0.104. The lowest BCUT2D eigenvalue weighted by Crippen LogP contribution is -2.48. The summed E-state index contributed by atoms with van der Waals surface area (Å²) >= 11 is 1.70. The molecule has 0 amide bonds. The highest BCUT2D eigenvalue weighted by molar-refractivity contribution is 7.17. The Labute approximate surface area is 218 Å². The molecule has 1 aromatic heterocycles. The molecule has 35 heavy (non-hydrogen) atoms. The fourth-order valence-corrected chi connectivity index (χ4v) is 6.14. The van der Waals surface area contributed by atoms with Crippen LogP contribution >= 0.6 is 23.7 Å². The van der Waals surface area contributed by atoms with Crippen LogP contribution in [0.2, 0.25) is 0 Å². The van der Waals surface area contributed by atoms with Gasteiger partial charge in [-0.25, -0.2) is 4.79 Å². The Hall–Kier alpha value is -2.72. The Bertz CT molecular complexity index is 1240. The number of fused-ring (bicyclic) bond motifs is 1. The zero-order chi connectivity index (χ0) is 23.3. The fraction of sp³-hybridized carbons (Fsp3) is 0.267. The van der Waals surface area contributed by atoms with Crippen molar-refractivity contribution in [2.24, 2.45) is 5.92 Å². The SMILES string of the molecule is CC(CN1CCN(C(c2ccccc2)c2ccccc2)CC1)C(=C=O)c1csc2ccccc12.Cl. The van der Waals surface area contributed by atoms with Crippen molar-refractivity contribution in [3.05, 3.63) is 107 Å². The van der Waals surface area contributed by atoms with Gasteiger partial charge in [0.15, 0.2) is 0 Å². The maximum atomic E-state index is 12.0. The molecule has 1 atom stereocenters. The molecule has 0 aliphatic carbocycles. The summed E-state index contributed by atoms with van der Waals surface area (Å²) in [5, 5.41) is 3.28. The third-order valence-corrected chi connectivity index (χ3v) is 7.87. The molecule has 0 spiro atoms. The molecule has 0 N–H and O–H groups in total. The maximum Gasteiger partial charge on any atom is 0.128 e. The third kappa shape index (κ3) is 5.59. The Morgan fingerprint density at radius 3 is 2.03 bits per heavy atom. The van der Waals surface area contributed by atoms with E-state index >= 15 is 0 Å². The van der Waals surface area contributed by atoms with Crippen molar-refractivity contribution in [2.45, 2.75) is 13.0 Å². The predicted octanol–water partition coefficient (Wildman–Crippen LogP) is 6.58. The third-order valence-electron chi connectivity index (χ3n) is 6.91. The maximum absolute atomic E-state index is 12.0. The second kappa shape index (κ2) is 11.8. The average molecular weight is 503 g/mol. The summed E-state index contributed by atoms with van der Waals surface area (Å²) in [6.07, 6.45) is 0. The lowest BCUT2D eigenvalue weighted by atomic mass is 9.93. The van der Waals surface area contributed by atoms with E-state index in [1.165, 1.54) is 15.8 Å². The number of thiophene rings is 1. The standard InChI is InChI=1S/C30H30N2OS.ClH/c1-23(27(21-33)28-22-34-29-15-9-8-14-26(28)29)20-31-16-18-32(19-17-31)30(24-10-4-2-5-11-24)25-12-6-3-7-13-25;/h2-15,22-23,30H,16-20H2,1H3;1H. The molecule has 4 aromatic rings. The van der Waals surface area contributed by atoms with E-state index in [9.17, 15) is 4.79 Å². The van der Waals surface area contributed by atoms with Gasteiger partial charge >= 0.3 is 0 Å². The summed E-state index contributed by atoms with van der Waals surface area (Å²) in [4.78, 5) is 17.1. The van der Waals surface area contributed by atoms with E-state index < -0.39 is 0 Å². The zero-order valence-electron chi connectivity index (χ0n) is 20.0. The van der Waals surface area contributed by atoms with Crippen molar-refractivity contribution < 1.29 is 4.79 Å². The molecular formula is C30H31ClN2OS. The molecule has 1 aliphatic rings. The van der Waals surface area contributed by atoms with Crippen molar-refractivity contribution in [3.63, 3.8) is 0 Å². The Morgan fingerprint density at radius 1 is 0.857 bits per heavy atom. The van der Waals surface area contributed by atoms with Crippen LogP contribution in [0, 0.1) is 5.92 Å². The summed E-state index contributed by atoms with van der Waals surface area (Å²) in [6.45, 7) is 7.04.